The highest BCUT2D eigenvalue weighted by Crippen LogP contribution is 2.23. The molecule has 0 fully saturated rings. The summed E-state index contributed by atoms with van der Waals surface area (Å²) in [6.45, 7) is 4.53. The van der Waals surface area contributed by atoms with Crippen molar-refractivity contribution in [3.8, 4) is 0 Å². The topological polar surface area (TPSA) is 0 Å². The Hall–Kier alpha value is 1.40. The SMILES string of the molecule is CCCCSCCSSCCSCCCC. The highest BCUT2D eigenvalue weighted by Gasteiger charge is 1.93. The monoisotopic (exact) mass is 298 g/mol. The molecule has 0 N–H and O–H groups in total. The second-order valence-corrected chi connectivity index (χ2v) is 8.73. The molecule has 16 heavy (non-hydrogen) atoms. The van der Waals surface area contributed by atoms with Gasteiger partial charge in [-0.2, -0.15) is 23.5 Å². The summed E-state index contributed by atoms with van der Waals surface area (Å²) in [5.41, 5.74) is 0. The fourth-order valence-corrected chi connectivity index (χ4v) is 6.05. The molecule has 0 saturated carbocycles. The minimum Gasteiger partial charge on any atom is -0.161 e. The van der Waals surface area contributed by atoms with Gasteiger partial charge in [0.1, 0.15) is 0 Å². The van der Waals surface area contributed by atoms with Crippen LogP contribution in [-0.4, -0.2) is 34.5 Å². The molecule has 0 aromatic heterocycles. The van der Waals surface area contributed by atoms with Gasteiger partial charge in [0.05, 0.1) is 0 Å². The standard InChI is InChI=1S/C12H26S4/c1-3-5-7-13-9-11-15-16-12-10-14-8-6-4-2/h3-12H2,1-2H3. The van der Waals surface area contributed by atoms with Gasteiger partial charge in [0.15, 0.2) is 0 Å². The normalized spacial score (nSPS) is 10.9. The highest BCUT2D eigenvalue weighted by atomic mass is 33.1. The van der Waals surface area contributed by atoms with Crippen LogP contribution in [-0.2, 0) is 0 Å². The summed E-state index contributed by atoms with van der Waals surface area (Å²) in [4.78, 5) is 0. The lowest BCUT2D eigenvalue weighted by atomic mass is 10.4. The summed E-state index contributed by atoms with van der Waals surface area (Å²) in [5, 5.41) is 0. The number of thioether (sulfide) groups is 2. The number of hydrogen-bond acceptors (Lipinski definition) is 4. The first-order valence-corrected chi connectivity index (χ1v) is 11.1. The Balaban J connectivity index is 2.83. The minimum atomic E-state index is 1.32. The number of rotatable bonds is 13. The Kier molecular flexibility index (Phi) is 17.8. The average Bonchev–Trinajstić information content (AvgIpc) is 2.31. The van der Waals surface area contributed by atoms with Crippen LogP contribution < -0.4 is 0 Å². The van der Waals surface area contributed by atoms with E-state index in [0.29, 0.717) is 0 Å². The molecular formula is C12H26S4. The van der Waals surface area contributed by atoms with Crippen LogP contribution in [0.15, 0.2) is 0 Å². The van der Waals surface area contributed by atoms with Gasteiger partial charge in [-0.3, -0.25) is 0 Å². The van der Waals surface area contributed by atoms with Gasteiger partial charge >= 0.3 is 0 Å². The largest absolute Gasteiger partial charge is 0.161 e. The predicted octanol–water partition coefficient (Wildman–Crippen LogP) is 5.43. The summed E-state index contributed by atoms with van der Waals surface area (Å²) in [6, 6.07) is 0. The van der Waals surface area contributed by atoms with Crippen LogP contribution in [0.4, 0.5) is 0 Å². The van der Waals surface area contributed by atoms with Gasteiger partial charge in [-0.25, -0.2) is 0 Å². The first-order chi connectivity index (χ1) is 7.91. The van der Waals surface area contributed by atoms with Crippen molar-refractivity contribution in [3.63, 3.8) is 0 Å². The van der Waals surface area contributed by atoms with E-state index in [9.17, 15) is 0 Å². The molecule has 0 heterocycles. The average molecular weight is 299 g/mol. The molecule has 0 amide bonds. The third-order valence-electron chi connectivity index (χ3n) is 1.99. The predicted molar refractivity (Wildman–Crippen MR) is 89.4 cm³/mol. The molecule has 0 atom stereocenters. The number of hydrogen-bond donors (Lipinski definition) is 0. The summed E-state index contributed by atoms with van der Waals surface area (Å²) in [7, 11) is 4.12. The van der Waals surface area contributed by atoms with Gasteiger partial charge in [-0.15, -0.1) is 0 Å². The molecule has 0 aliphatic heterocycles. The van der Waals surface area contributed by atoms with E-state index in [4.69, 9.17) is 0 Å². The van der Waals surface area contributed by atoms with E-state index in [1.807, 2.05) is 0 Å². The summed E-state index contributed by atoms with van der Waals surface area (Å²) in [6.07, 6.45) is 5.45. The molecule has 0 saturated heterocycles. The molecule has 0 aromatic carbocycles. The van der Waals surface area contributed by atoms with E-state index < -0.39 is 0 Å². The van der Waals surface area contributed by atoms with Crippen LogP contribution in [0.25, 0.3) is 0 Å². The summed E-state index contributed by atoms with van der Waals surface area (Å²) in [5.74, 6) is 8.02. The smallest absolute Gasteiger partial charge is 0.0128 e. The van der Waals surface area contributed by atoms with E-state index in [2.05, 4.69) is 59.0 Å². The Morgan fingerprint density at radius 2 is 1.00 bits per heavy atom. The third kappa shape index (κ3) is 15.4. The van der Waals surface area contributed by atoms with Gasteiger partial charge < -0.3 is 0 Å². The lowest BCUT2D eigenvalue weighted by molar-refractivity contribution is 0.896. The van der Waals surface area contributed by atoms with Crippen LogP contribution in [0.3, 0.4) is 0 Å². The van der Waals surface area contributed by atoms with E-state index in [1.165, 1.54) is 60.2 Å². The zero-order valence-electron chi connectivity index (χ0n) is 10.7. The van der Waals surface area contributed by atoms with Gasteiger partial charge in [0.25, 0.3) is 0 Å². The quantitative estimate of drug-likeness (QED) is 0.328. The van der Waals surface area contributed by atoms with Crippen molar-refractivity contribution in [2.45, 2.75) is 39.5 Å². The molecule has 0 radical (unpaired) electrons. The molecular weight excluding hydrogens is 272 g/mol. The summed E-state index contributed by atoms with van der Waals surface area (Å²) >= 11 is 4.23. The Morgan fingerprint density at radius 3 is 1.38 bits per heavy atom. The maximum atomic E-state index is 2.27. The van der Waals surface area contributed by atoms with Crippen LogP contribution >= 0.6 is 45.1 Å². The molecule has 0 aliphatic rings. The van der Waals surface area contributed by atoms with Crippen molar-refractivity contribution in [2.24, 2.45) is 0 Å². The van der Waals surface area contributed by atoms with Crippen LogP contribution in [0.2, 0.25) is 0 Å². The minimum absolute atomic E-state index is 1.32. The number of unbranched alkanes of at least 4 members (excludes halogenated alkanes) is 2. The first kappa shape index (κ1) is 17.4. The summed E-state index contributed by atoms with van der Waals surface area (Å²) < 4.78 is 0. The first-order valence-electron chi connectivity index (χ1n) is 6.31. The molecule has 0 rings (SSSR count). The van der Waals surface area contributed by atoms with Crippen molar-refractivity contribution in [3.05, 3.63) is 0 Å². The van der Waals surface area contributed by atoms with Gasteiger partial charge in [-0.05, 0) is 24.3 Å². The molecule has 0 spiro atoms. The molecule has 0 aromatic rings. The van der Waals surface area contributed by atoms with E-state index >= 15 is 0 Å². The maximum Gasteiger partial charge on any atom is 0.0128 e. The van der Waals surface area contributed by atoms with Crippen molar-refractivity contribution in [1.82, 2.24) is 0 Å². The highest BCUT2D eigenvalue weighted by molar-refractivity contribution is 8.76. The van der Waals surface area contributed by atoms with Gasteiger partial charge in [0.2, 0.25) is 0 Å². The molecule has 0 bridgehead atoms. The van der Waals surface area contributed by atoms with Crippen LogP contribution in [0.5, 0.6) is 0 Å². The second kappa shape index (κ2) is 16.4. The lowest BCUT2D eigenvalue weighted by Crippen LogP contribution is -1.87. The molecule has 0 nitrogen and oxygen atoms in total. The maximum absolute atomic E-state index is 2.27. The van der Waals surface area contributed by atoms with Crippen molar-refractivity contribution < 1.29 is 0 Å². The van der Waals surface area contributed by atoms with Gasteiger partial charge in [-0.1, -0.05) is 48.3 Å². The van der Waals surface area contributed by atoms with Crippen molar-refractivity contribution in [2.75, 3.05) is 34.5 Å². The zero-order valence-corrected chi connectivity index (χ0v) is 14.0. The van der Waals surface area contributed by atoms with Crippen molar-refractivity contribution >= 4 is 45.1 Å². The van der Waals surface area contributed by atoms with E-state index in [0.717, 1.165) is 0 Å². The molecule has 0 aliphatic carbocycles. The Bertz CT molecular complexity index is 106. The Morgan fingerprint density at radius 1 is 0.562 bits per heavy atom. The van der Waals surface area contributed by atoms with Crippen molar-refractivity contribution in [1.29, 1.82) is 0 Å². The zero-order chi connectivity index (χ0) is 11.9. The third-order valence-corrected chi connectivity index (χ3v) is 7.06. The lowest BCUT2D eigenvalue weighted by Gasteiger charge is -2.01. The van der Waals surface area contributed by atoms with Crippen LogP contribution in [0, 0.1) is 0 Å². The van der Waals surface area contributed by atoms with Gasteiger partial charge in [0, 0.05) is 23.0 Å². The second-order valence-electron chi connectivity index (χ2n) is 3.58. The molecule has 4 heteroatoms. The fourth-order valence-electron chi connectivity index (χ4n) is 1.00. The van der Waals surface area contributed by atoms with E-state index in [-0.39, 0.29) is 0 Å². The fraction of sp³-hybridized carbons (Fsp3) is 1.00. The Labute approximate surface area is 119 Å². The molecule has 98 valence electrons. The molecule has 0 unspecified atom stereocenters. The van der Waals surface area contributed by atoms with E-state index in [1.54, 1.807) is 0 Å². The van der Waals surface area contributed by atoms with Crippen LogP contribution in [0.1, 0.15) is 39.5 Å².